The van der Waals surface area contributed by atoms with Gasteiger partial charge in [-0.25, -0.2) is 0 Å². The lowest BCUT2D eigenvalue weighted by Crippen LogP contribution is -2.34. The lowest BCUT2D eigenvalue weighted by Gasteiger charge is -2.22. The molecule has 6 heteroatoms. The first-order chi connectivity index (χ1) is 11.6. The molecule has 0 bridgehead atoms. The zero-order chi connectivity index (χ0) is 16.9. The maximum atomic E-state index is 12.3. The summed E-state index contributed by atoms with van der Waals surface area (Å²) in [5.41, 5.74) is 1.14. The molecule has 0 saturated heterocycles. The Kier molecular flexibility index (Phi) is 4.77. The van der Waals surface area contributed by atoms with Gasteiger partial charge in [-0.05, 0) is 26.2 Å². The molecule has 1 aromatic carbocycles. The fourth-order valence-electron chi connectivity index (χ4n) is 2.42. The predicted molar refractivity (Wildman–Crippen MR) is 89.4 cm³/mol. The Morgan fingerprint density at radius 2 is 2.00 bits per heavy atom. The molecule has 0 aliphatic rings. The van der Waals surface area contributed by atoms with E-state index < -0.39 is 0 Å². The normalized spacial score (nSPS) is 12.3. The van der Waals surface area contributed by atoms with E-state index in [1.165, 1.54) is 0 Å². The average Bonchev–Trinajstić information content (AvgIpc) is 3.27. The molecule has 124 valence electrons. The highest BCUT2D eigenvalue weighted by molar-refractivity contribution is 5.93. The number of carbonyl (C=O) groups excluding carboxylic acids is 1. The standard InChI is InChI=1S/C18H19N3O3/c1-21(2)15(16-9-6-10-23-16)12-19-18(22)14-11-17(24-20-14)13-7-4-3-5-8-13/h3-11,15H,12H2,1-2H3,(H,19,22)/t15-/m0/s1. The lowest BCUT2D eigenvalue weighted by molar-refractivity contribution is 0.0930. The number of hydrogen-bond acceptors (Lipinski definition) is 5. The molecular weight excluding hydrogens is 306 g/mol. The number of aromatic nitrogens is 1. The first-order valence-electron chi connectivity index (χ1n) is 7.65. The molecule has 0 spiro atoms. The summed E-state index contributed by atoms with van der Waals surface area (Å²) in [7, 11) is 3.87. The second-order valence-electron chi connectivity index (χ2n) is 5.65. The van der Waals surface area contributed by atoms with Crippen LogP contribution in [0.3, 0.4) is 0 Å². The molecule has 0 saturated carbocycles. The molecule has 0 unspecified atom stereocenters. The predicted octanol–water partition coefficient (Wildman–Crippen LogP) is 2.97. The molecule has 3 aromatic rings. The summed E-state index contributed by atoms with van der Waals surface area (Å²) in [6, 6.07) is 14.8. The van der Waals surface area contributed by atoms with E-state index in [2.05, 4.69) is 10.5 Å². The minimum absolute atomic E-state index is 0.0514. The molecular formula is C18H19N3O3. The number of nitrogens with zero attached hydrogens (tertiary/aromatic N) is 2. The Morgan fingerprint density at radius 3 is 2.67 bits per heavy atom. The molecule has 1 N–H and O–H groups in total. The summed E-state index contributed by atoms with van der Waals surface area (Å²) in [5, 5.41) is 6.72. The molecule has 2 aromatic heterocycles. The van der Waals surface area contributed by atoms with Crippen LogP contribution in [0.1, 0.15) is 22.3 Å². The Balaban J connectivity index is 1.66. The monoisotopic (exact) mass is 325 g/mol. The van der Waals surface area contributed by atoms with Crippen molar-refractivity contribution in [2.75, 3.05) is 20.6 Å². The van der Waals surface area contributed by atoms with Gasteiger partial charge in [0, 0.05) is 18.2 Å². The van der Waals surface area contributed by atoms with E-state index in [9.17, 15) is 4.79 Å². The summed E-state index contributed by atoms with van der Waals surface area (Å²) in [6.07, 6.45) is 1.62. The van der Waals surface area contributed by atoms with Crippen LogP contribution in [0.4, 0.5) is 0 Å². The van der Waals surface area contributed by atoms with Gasteiger partial charge in [0.15, 0.2) is 11.5 Å². The highest BCUT2D eigenvalue weighted by Crippen LogP contribution is 2.20. The maximum absolute atomic E-state index is 12.3. The first kappa shape index (κ1) is 16.0. The zero-order valence-electron chi connectivity index (χ0n) is 13.6. The van der Waals surface area contributed by atoms with Crippen LogP contribution < -0.4 is 5.32 Å². The summed E-state index contributed by atoms with van der Waals surface area (Å²) < 4.78 is 10.7. The van der Waals surface area contributed by atoms with E-state index in [1.54, 1.807) is 12.3 Å². The Hall–Kier alpha value is -2.86. The Labute approximate surface area is 140 Å². The number of benzene rings is 1. The molecule has 2 heterocycles. The van der Waals surface area contributed by atoms with Gasteiger partial charge in [-0.1, -0.05) is 35.5 Å². The molecule has 24 heavy (non-hydrogen) atoms. The van der Waals surface area contributed by atoms with E-state index >= 15 is 0 Å². The Morgan fingerprint density at radius 1 is 1.21 bits per heavy atom. The molecule has 1 atom stereocenters. The van der Waals surface area contributed by atoms with Crippen molar-refractivity contribution in [1.29, 1.82) is 0 Å². The van der Waals surface area contributed by atoms with Gasteiger partial charge >= 0.3 is 0 Å². The molecule has 1 amide bonds. The molecule has 0 aliphatic heterocycles. The van der Waals surface area contributed by atoms with Crippen LogP contribution in [0.15, 0.2) is 63.7 Å². The summed E-state index contributed by atoms with van der Waals surface area (Å²) in [4.78, 5) is 14.3. The number of hydrogen-bond donors (Lipinski definition) is 1. The van der Waals surface area contributed by atoms with Crippen molar-refractivity contribution in [2.45, 2.75) is 6.04 Å². The van der Waals surface area contributed by atoms with E-state index in [4.69, 9.17) is 8.94 Å². The van der Waals surface area contributed by atoms with Gasteiger partial charge in [-0.15, -0.1) is 0 Å². The van der Waals surface area contributed by atoms with E-state index in [0.29, 0.717) is 12.3 Å². The van der Waals surface area contributed by atoms with Gasteiger partial charge in [0.25, 0.3) is 5.91 Å². The van der Waals surface area contributed by atoms with Crippen LogP contribution in [-0.4, -0.2) is 36.6 Å². The van der Waals surface area contributed by atoms with Crippen LogP contribution in [-0.2, 0) is 0 Å². The van der Waals surface area contributed by atoms with E-state index in [1.807, 2.05) is 61.5 Å². The number of furan rings is 1. The quantitative estimate of drug-likeness (QED) is 0.754. The third-order valence-electron chi connectivity index (χ3n) is 3.75. The van der Waals surface area contributed by atoms with Crippen molar-refractivity contribution >= 4 is 5.91 Å². The van der Waals surface area contributed by atoms with Crippen molar-refractivity contribution in [3.05, 3.63) is 66.2 Å². The minimum Gasteiger partial charge on any atom is -0.468 e. The molecule has 0 fully saturated rings. The third-order valence-corrected chi connectivity index (χ3v) is 3.75. The van der Waals surface area contributed by atoms with Gasteiger partial charge in [0.2, 0.25) is 0 Å². The number of amides is 1. The lowest BCUT2D eigenvalue weighted by atomic mass is 10.1. The third kappa shape index (κ3) is 3.55. The number of carbonyl (C=O) groups is 1. The van der Waals surface area contributed by atoms with Crippen molar-refractivity contribution in [3.8, 4) is 11.3 Å². The largest absolute Gasteiger partial charge is 0.468 e. The highest BCUT2D eigenvalue weighted by atomic mass is 16.5. The molecule has 3 rings (SSSR count). The number of likely N-dealkylation sites (N-methyl/N-ethyl adjacent to an activating group) is 1. The summed E-state index contributed by atoms with van der Waals surface area (Å²) in [6.45, 7) is 0.410. The van der Waals surface area contributed by atoms with Crippen LogP contribution in [0, 0.1) is 0 Å². The minimum atomic E-state index is -0.278. The first-order valence-corrected chi connectivity index (χ1v) is 7.65. The van der Waals surface area contributed by atoms with Crippen LogP contribution in [0.2, 0.25) is 0 Å². The summed E-state index contributed by atoms with van der Waals surface area (Å²) in [5.74, 6) is 1.08. The van der Waals surface area contributed by atoms with Gasteiger partial charge in [-0.3, -0.25) is 9.69 Å². The molecule has 0 aliphatic carbocycles. The van der Waals surface area contributed by atoms with E-state index in [-0.39, 0.29) is 17.6 Å². The van der Waals surface area contributed by atoms with Crippen molar-refractivity contribution in [3.63, 3.8) is 0 Å². The van der Waals surface area contributed by atoms with Gasteiger partial charge in [0.05, 0.1) is 12.3 Å². The van der Waals surface area contributed by atoms with Gasteiger partial charge < -0.3 is 14.3 Å². The van der Waals surface area contributed by atoms with Crippen LogP contribution >= 0.6 is 0 Å². The fourth-order valence-corrected chi connectivity index (χ4v) is 2.42. The van der Waals surface area contributed by atoms with Crippen molar-refractivity contribution < 1.29 is 13.7 Å². The van der Waals surface area contributed by atoms with Crippen LogP contribution in [0.25, 0.3) is 11.3 Å². The van der Waals surface area contributed by atoms with E-state index in [0.717, 1.165) is 11.3 Å². The van der Waals surface area contributed by atoms with Crippen molar-refractivity contribution in [2.24, 2.45) is 0 Å². The van der Waals surface area contributed by atoms with Crippen molar-refractivity contribution in [1.82, 2.24) is 15.4 Å². The smallest absolute Gasteiger partial charge is 0.273 e. The van der Waals surface area contributed by atoms with Gasteiger partial charge in [-0.2, -0.15) is 0 Å². The Bertz CT molecular complexity index is 779. The average molecular weight is 325 g/mol. The maximum Gasteiger partial charge on any atom is 0.273 e. The van der Waals surface area contributed by atoms with Gasteiger partial charge in [0.1, 0.15) is 5.76 Å². The molecule has 0 radical (unpaired) electrons. The second kappa shape index (κ2) is 7.14. The zero-order valence-corrected chi connectivity index (χ0v) is 13.6. The fraction of sp³-hybridized carbons (Fsp3) is 0.222. The number of rotatable bonds is 6. The number of nitrogens with one attached hydrogen (secondary N) is 1. The SMILES string of the molecule is CN(C)[C@@H](CNC(=O)c1cc(-c2ccccc2)on1)c1ccco1. The van der Waals surface area contributed by atoms with Crippen LogP contribution in [0.5, 0.6) is 0 Å². The summed E-state index contributed by atoms with van der Waals surface area (Å²) >= 11 is 0. The molecule has 6 nitrogen and oxygen atoms in total. The highest BCUT2D eigenvalue weighted by Gasteiger charge is 2.20. The second-order valence-corrected chi connectivity index (χ2v) is 5.65. The topological polar surface area (TPSA) is 71.5 Å².